The van der Waals surface area contributed by atoms with Crippen LogP contribution in [0.4, 0.5) is 9.59 Å². The van der Waals surface area contributed by atoms with Crippen LogP contribution in [0.5, 0.6) is 0 Å². The summed E-state index contributed by atoms with van der Waals surface area (Å²) in [4.78, 5) is 76.0. The van der Waals surface area contributed by atoms with Crippen molar-refractivity contribution in [1.29, 1.82) is 0 Å². The lowest BCUT2D eigenvalue weighted by atomic mass is 10.0. The van der Waals surface area contributed by atoms with E-state index in [1.165, 1.54) is 21.3 Å². The Morgan fingerprint density at radius 1 is 0.729 bits per heavy atom. The summed E-state index contributed by atoms with van der Waals surface area (Å²) in [6.07, 6.45) is 4.90. The molecule has 4 amide bonds. The molecule has 3 aromatic heterocycles. The predicted molar refractivity (Wildman–Crippen MR) is 220 cm³/mol. The Kier molecular flexibility index (Phi) is 12.3. The van der Waals surface area contributed by atoms with E-state index in [1.807, 2.05) is 62.5 Å². The number of benzene rings is 2. The third-order valence-electron chi connectivity index (χ3n) is 11.3. The van der Waals surface area contributed by atoms with E-state index < -0.39 is 30.4 Å². The van der Waals surface area contributed by atoms with Crippen molar-refractivity contribution in [2.45, 2.75) is 76.7 Å². The first-order valence-electron chi connectivity index (χ1n) is 19.9. The van der Waals surface area contributed by atoms with Crippen LogP contribution in [0.3, 0.4) is 0 Å². The lowest BCUT2D eigenvalue weighted by Crippen LogP contribution is -2.54. The third-order valence-corrected chi connectivity index (χ3v) is 11.3. The zero-order valence-corrected chi connectivity index (χ0v) is 34.2. The van der Waals surface area contributed by atoms with Crippen molar-refractivity contribution in [3.8, 4) is 33.8 Å². The summed E-state index contributed by atoms with van der Waals surface area (Å²) in [6, 6.07) is 16.1. The second kappa shape index (κ2) is 17.7. The van der Waals surface area contributed by atoms with Gasteiger partial charge in [-0.2, -0.15) is 0 Å². The van der Waals surface area contributed by atoms with Crippen molar-refractivity contribution in [3.05, 3.63) is 78.6 Å². The summed E-state index contributed by atoms with van der Waals surface area (Å²) < 4.78 is 14.9. The first-order chi connectivity index (χ1) is 28.5. The fourth-order valence-corrected chi connectivity index (χ4v) is 7.96. The molecule has 5 atom stereocenters. The number of imidazole rings is 2. The number of hydrogen-bond acceptors (Lipinski definition) is 10. The highest BCUT2D eigenvalue weighted by atomic mass is 16.5. The summed E-state index contributed by atoms with van der Waals surface area (Å²) in [5, 5.41) is 6.28. The van der Waals surface area contributed by atoms with E-state index >= 15 is 0 Å². The summed E-state index contributed by atoms with van der Waals surface area (Å²) in [6.45, 7) is 6.65. The molecule has 16 nitrogen and oxygen atoms in total. The molecule has 2 saturated heterocycles. The fraction of sp³-hybridized carbons (Fsp3) is 0.419. The van der Waals surface area contributed by atoms with Crippen molar-refractivity contribution in [2.75, 3.05) is 34.4 Å². The molecule has 16 heteroatoms. The minimum absolute atomic E-state index is 0.114. The van der Waals surface area contributed by atoms with Crippen LogP contribution in [0, 0.1) is 5.92 Å². The van der Waals surface area contributed by atoms with Crippen LogP contribution in [0.15, 0.2) is 67.0 Å². The number of methoxy groups -OCH3 is 3. The van der Waals surface area contributed by atoms with Gasteiger partial charge in [0, 0.05) is 42.9 Å². The van der Waals surface area contributed by atoms with Crippen LogP contribution >= 0.6 is 0 Å². The van der Waals surface area contributed by atoms with Crippen molar-refractivity contribution in [3.63, 3.8) is 0 Å². The number of rotatable bonds is 12. The number of nitrogens with one attached hydrogen (secondary N) is 4. The lowest BCUT2D eigenvalue weighted by molar-refractivity contribution is -0.137. The molecule has 0 bridgehead atoms. The number of amides is 4. The smallest absolute Gasteiger partial charge is 0.407 e. The second-order valence-electron chi connectivity index (χ2n) is 15.3. The Morgan fingerprint density at radius 3 is 1.98 bits per heavy atom. The first-order valence-corrected chi connectivity index (χ1v) is 19.9. The number of likely N-dealkylation sites (tertiary alicyclic amines) is 2. The molecule has 0 aliphatic carbocycles. The Labute approximate surface area is 342 Å². The van der Waals surface area contributed by atoms with E-state index in [9.17, 15) is 19.2 Å². The molecule has 0 unspecified atom stereocenters. The number of aromatic amines is 2. The number of carbonyl (C=O) groups is 4. The van der Waals surface area contributed by atoms with Gasteiger partial charge in [0.2, 0.25) is 11.8 Å². The highest BCUT2D eigenvalue weighted by molar-refractivity contribution is 5.88. The average molecular weight is 806 g/mol. The van der Waals surface area contributed by atoms with Crippen LogP contribution in [-0.2, 0) is 23.8 Å². The molecule has 7 rings (SSSR count). The molecule has 2 aliphatic heterocycles. The Bertz CT molecular complexity index is 2310. The van der Waals surface area contributed by atoms with Gasteiger partial charge < -0.3 is 44.6 Å². The van der Waals surface area contributed by atoms with Crippen LogP contribution in [0.1, 0.15) is 70.2 Å². The van der Waals surface area contributed by atoms with Gasteiger partial charge in [-0.3, -0.25) is 9.59 Å². The van der Waals surface area contributed by atoms with Gasteiger partial charge in [-0.1, -0.05) is 50.2 Å². The quantitative estimate of drug-likeness (QED) is 0.114. The Balaban J connectivity index is 1.02. The highest BCUT2D eigenvalue weighted by Crippen LogP contribution is 2.35. The number of ether oxygens (including phenoxy) is 3. The van der Waals surface area contributed by atoms with Gasteiger partial charge in [-0.15, -0.1) is 0 Å². The van der Waals surface area contributed by atoms with Crippen LogP contribution < -0.4 is 10.6 Å². The molecule has 4 N–H and O–H groups in total. The number of fused-ring (bicyclic) bond motifs is 1. The monoisotopic (exact) mass is 805 g/mol. The van der Waals surface area contributed by atoms with Gasteiger partial charge in [0.15, 0.2) is 0 Å². The van der Waals surface area contributed by atoms with Crippen molar-refractivity contribution < 1.29 is 33.4 Å². The maximum atomic E-state index is 13.6. The topological polar surface area (TPSA) is 197 Å². The van der Waals surface area contributed by atoms with Gasteiger partial charge in [0.25, 0.3) is 0 Å². The molecule has 5 aromatic rings. The van der Waals surface area contributed by atoms with Crippen molar-refractivity contribution in [2.24, 2.45) is 5.92 Å². The summed E-state index contributed by atoms with van der Waals surface area (Å²) >= 11 is 0. The van der Waals surface area contributed by atoms with E-state index in [2.05, 4.69) is 37.7 Å². The molecule has 2 fully saturated rings. The van der Waals surface area contributed by atoms with Crippen LogP contribution in [0.2, 0.25) is 0 Å². The molecule has 2 aliphatic rings. The number of nitrogens with zero attached hydrogens (tertiary/aromatic N) is 5. The Morgan fingerprint density at radius 2 is 1.34 bits per heavy atom. The average Bonchev–Trinajstić information content (AvgIpc) is 4.10. The number of carbonyl (C=O) groups excluding carboxylic acids is 4. The predicted octanol–water partition coefficient (Wildman–Crippen LogP) is 6.15. The number of pyridine rings is 1. The van der Waals surface area contributed by atoms with Crippen LogP contribution in [0.25, 0.3) is 44.7 Å². The molecule has 0 radical (unpaired) electrons. The molecule has 5 heterocycles. The number of hydrogen-bond donors (Lipinski definition) is 4. The van der Waals surface area contributed by atoms with Crippen LogP contribution in [-0.4, -0.2) is 111 Å². The molecule has 0 saturated carbocycles. The molecule has 0 spiro atoms. The molecule has 2 aromatic carbocycles. The minimum Gasteiger partial charge on any atom is -0.453 e. The number of alkyl carbamates (subject to hydrolysis) is 2. The second-order valence-corrected chi connectivity index (χ2v) is 15.3. The van der Waals surface area contributed by atoms with Gasteiger partial charge >= 0.3 is 12.2 Å². The number of aromatic nitrogens is 5. The van der Waals surface area contributed by atoms with Crippen molar-refractivity contribution in [1.82, 2.24) is 45.4 Å². The van der Waals surface area contributed by atoms with Crippen molar-refractivity contribution >= 4 is 34.9 Å². The zero-order chi connectivity index (χ0) is 41.8. The summed E-state index contributed by atoms with van der Waals surface area (Å²) in [7, 11) is 4.04. The molecular formula is C43H51N9O7. The fourth-order valence-electron chi connectivity index (χ4n) is 7.96. The largest absolute Gasteiger partial charge is 0.453 e. The lowest BCUT2D eigenvalue weighted by Gasteiger charge is -2.30. The molecule has 59 heavy (non-hydrogen) atoms. The summed E-state index contributed by atoms with van der Waals surface area (Å²) in [5.41, 5.74) is 6.08. The highest BCUT2D eigenvalue weighted by Gasteiger charge is 2.39. The van der Waals surface area contributed by atoms with E-state index in [1.54, 1.807) is 22.9 Å². The van der Waals surface area contributed by atoms with E-state index in [-0.39, 0.29) is 29.8 Å². The van der Waals surface area contributed by atoms with E-state index in [0.717, 1.165) is 70.4 Å². The summed E-state index contributed by atoms with van der Waals surface area (Å²) in [5.74, 6) is 0.874. The van der Waals surface area contributed by atoms with Gasteiger partial charge in [0.1, 0.15) is 23.7 Å². The van der Waals surface area contributed by atoms with Gasteiger partial charge in [-0.05, 0) is 62.3 Å². The maximum Gasteiger partial charge on any atom is 0.407 e. The van der Waals surface area contributed by atoms with E-state index in [0.29, 0.717) is 24.7 Å². The zero-order valence-electron chi connectivity index (χ0n) is 34.2. The number of H-pyrrole nitrogens is 2. The standard InChI is InChI=1S/C43H51N9O7/c1-24(2)36(49-42(55)58-5)40(53)51-19-7-9-34(51)39-45-23-33(48-39)29-16-18-31-28(21-29)15-17-30(46-31)26-11-13-27(14-12-26)32-22-44-38(47-32)35-10-8-20-52(35)41(54)37(25(3)57-4)50-43(56)59-6/h11-18,21-25,34-37H,7-10,19-20H2,1-6H3,(H,44,47)(H,45,48)(H,49,55)(H,50,56)/t25-,34+,35+,36+,37+/m1/s1. The Hall–Kier alpha value is -6.29. The molecule has 310 valence electrons. The van der Waals surface area contributed by atoms with E-state index in [4.69, 9.17) is 24.2 Å². The van der Waals surface area contributed by atoms with Gasteiger partial charge in [-0.25, -0.2) is 24.5 Å². The molecular weight excluding hydrogens is 755 g/mol. The SMILES string of the molecule is COC(=O)N[C@H](C(=O)N1CCC[C@H]1c1nc(-c2ccc3nc(-c4ccc(-c5cnc([C@@H]6CCCN6C(=O)[C@@H](NC(=O)OC)[C@@H](C)OC)[nH]5)cc4)ccc3c2)c[nH]1)C(C)C. The third kappa shape index (κ3) is 8.63. The maximum absolute atomic E-state index is 13.6. The normalized spacial score (nSPS) is 18.2. The minimum atomic E-state index is -0.901. The van der Waals surface area contributed by atoms with Gasteiger partial charge in [0.05, 0.1) is 61.2 Å². The first kappa shape index (κ1) is 40.9.